The fourth-order valence-electron chi connectivity index (χ4n) is 3.67. The summed E-state index contributed by atoms with van der Waals surface area (Å²) in [6.45, 7) is 5.69. The van der Waals surface area contributed by atoms with Crippen LogP contribution in [0.25, 0.3) is 0 Å². The van der Waals surface area contributed by atoms with Crippen LogP contribution in [0.4, 0.5) is 8.78 Å². The lowest BCUT2D eigenvalue weighted by molar-refractivity contribution is -0.122. The third-order valence-corrected chi connectivity index (χ3v) is 7.49. The quantitative estimate of drug-likeness (QED) is 0.491. The van der Waals surface area contributed by atoms with Crippen LogP contribution in [0, 0.1) is 11.6 Å². The minimum absolute atomic E-state index is 0.1000. The van der Waals surface area contributed by atoms with Crippen molar-refractivity contribution in [2.24, 2.45) is 0 Å². The first-order chi connectivity index (χ1) is 15.9. The zero-order valence-electron chi connectivity index (χ0n) is 19.6. The van der Waals surface area contributed by atoms with Gasteiger partial charge in [-0.2, -0.15) is 5.16 Å². The first kappa shape index (κ1) is 25.1. The lowest BCUT2D eigenvalue weighted by atomic mass is 9.95. The average molecular weight is 489 g/mol. The largest absolute Gasteiger partial charge is 0.497 e. The summed E-state index contributed by atoms with van der Waals surface area (Å²) in [5.74, 6) is -2.24. The molecule has 0 aliphatic carbocycles. The van der Waals surface area contributed by atoms with Crippen molar-refractivity contribution in [1.29, 1.82) is 0 Å². The van der Waals surface area contributed by atoms with Crippen molar-refractivity contribution in [3.63, 3.8) is 0 Å². The number of carbonyl (C=O) groups is 2. The molecule has 0 aliphatic heterocycles. The van der Waals surface area contributed by atoms with Crippen molar-refractivity contribution in [3.05, 3.63) is 81.3 Å². The van der Waals surface area contributed by atoms with E-state index < -0.39 is 49.4 Å². The van der Waals surface area contributed by atoms with Crippen LogP contribution in [-0.2, 0) is 11.2 Å². The number of aromatic nitrogens is 1. The first-order valence-electron chi connectivity index (χ1n) is 10.5. The Morgan fingerprint density at radius 3 is 2.26 bits per heavy atom. The Kier molecular flexibility index (Phi) is 7.20. The Hall–Kier alpha value is -3.53. The Morgan fingerprint density at radius 1 is 1.09 bits per heavy atom. The Bertz CT molecular complexity index is 1260. The number of amides is 1. The summed E-state index contributed by atoms with van der Waals surface area (Å²) in [6, 6.07) is 8.47. The average Bonchev–Trinajstić information content (AvgIpc) is 3.21. The minimum atomic E-state index is -2.13. The van der Waals surface area contributed by atoms with Gasteiger partial charge in [0.15, 0.2) is 5.78 Å². The summed E-state index contributed by atoms with van der Waals surface area (Å²) in [4.78, 5) is 38.8. The first-order valence-corrected chi connectivity index (χ1v) is 14.0. The molecule has 0 saturated carbocycles. The molecule has 3 rings (SSSR count). The maximum atomic E-state index is 14.9. The van der Waals surface area contributed by atoms with Crippen LogP contribution in [0.5, 0.6) is 5.75 Å². The maximum absolute atomic E-state index is 14.9. The van der Waals surface area contributed by atoms with E-state index in [-0.39, 0.29) is 11.3 Å². The van der Waals surface area contributed by atoms with E-state index in [1.54, 1.807) is 24.3 Å². The predicted molar refractivity (Wildman–Crippen MR) is 125 cm³/mol. The molecule has 1 aromatic heterocycles. The number of halogens is 2. The van der Waals surface area contributed by atoms with Gasteiger partial charge < -0.3 is 14.2 Å². The number of hydrogen-bond acceptors (Lipinski definition) is 5. The van der Waals surface area contributed by atoms with Crippen molar-refractivity contribution in [2.75, 3.05) is 14.2 Å². The van der Waals surface area contributed by atoms with Crippen LogP contribution in [0.3, 0.4) is 0 Å². The minimum Gasteiger partial charge on any atom is -0.497 e. The predicted octanol–water partition coefficient (Wildman–Crippen LogP) is 3.43. The van der Waals surface area contributed by atoms with E-state index in [1.165, 1.54) is 14.2 Å². The molecule has 3 aromatic rings. The van der Waals surface area contributed by atoms with Gasteiger partial charge in [0, 0.05) is 13.5 Å². The number of nitrogens with zero attached hydrogens (tertiary/aromatic N) is 1. The second-order valence-electron chi connectivity index (χ2n) is 8.99. The molecule has 2 aromatic carbocycles. The van der Waals surface area contributed by atoms with Gasteiger partial charge in [-0.05, 0) is 40.6 Å². The van der Waals surface area contributed by atoms with Gasteiger partial charge >= 0.3 is 0 Å². The molecule has 1 amide bonds. The molecule has 1 N–H and O–H groups in total. The number of H-pyrrole nitrogens is 1. The molecule has 1 unspecified atom stereocenters. The number of nitrogens with one attached hydrogen (secondary N) is 1. The van der Waals surface area contributed by atoms with Crippen molar-refractivity contribution in [1.82, 2.24) is 10.1 Å². The lowest BCUT2D eigenvalue weighted by Gasteiger charge is -2.27. The fraction of sp³-hybridized carbons (Fsp3) is 0.292. The number of benzene rings is 2. The summed E-state index contributed by atoms with van der Waals surface area (Å²) in [5, 5.41) is 2.37. The van der Waals surface area contributed by atoms with Gasteiger partial charge in [-0.3, -0.25) is 14.4 Å². The molecule has 0 spiro atoms. The highest BCUT2D eigenvalue weighted by Gasteiger charge is 2.32. The molecular weight excluding hydrogens is 462 g/mol. The van der Waals surface area contributed by atoms with Crippen LogP contribution in [-0.4, -0.2) is 44.0 Å². The fourth-order valence-corrected chi connectivity index (χ4v) is 5.02. The van der Waals surface area contributed by atoms with Crippen molar-refractivity contribution in [2.45, 2.75) is 32.1 Å². The zero-order chi connectivity index (χ0) is 25.2. The van der Waals surface area contributed by atoms with Gasteiger partial charge in [0.05, 0.1) is 21.3 Å². The molecule has 0 saturated heterocycles. The van der Waals surface area contributed by atoms with Crippen LogP contribution < -0.4 is 15.5 Å². The number of ether oxygens (including phenoxy) is 1. The maximum Gasteiger partial charge on any atom is 0.293 e. The van der Waals surface area contributed by atoms with Gasteiger partial charge in [0.2, 0.25) is 5.76 Å². The van der Waals surface area contributed by atoms with Gasteiger partial charge in [-0.15, -0.1) is 0 Å². The monoisotopic (exact) mass is 488 g/mol. The highest BCUT2D eigenvalue weighted by molar-refractivity contribution is 6.88. The molecule has 1 heterocycles. The van der Waals surface area contributed by atoms with Gasteiger partial charge in [0.1, 0.15) is 23.4 Å². The van der Waals surface area contributed by atoms with E-state index in [2.05, 4.69) is 0 Å². The zero-order valence-corrected chi connectivity index (χ0v) is 20.6. The third-order valence-electron chi connectivity index (χ3n) is 5.49. The summed E-state index contributed by atoms with van der Waals surface area (Å²) in [5.41, 5.74) is -0.278. The molecule has 180 valence electrons. The topological polar surface area (TPSA) is 92.6 Å². The normalized spacial score (nSPS) is 12.3. The summed E-state index contributed by atoms with van der Waals surface area (Å²) in [7, 11) is 0.730. The second kappa shape index (κ2) is 9.76. The molecule has 0 bridgehead atoms. The molecule has 0 radical (unpaired) electrons. The molecule has 7 nitrogen and oxygen atoms in total. The van der Waals surface area contributed by atoms with Gasteiger partial charge in [0.25, 0.3) is 11.5 Å². The smallest absolute Gasteiger partial charge is 0.293 e. The van der Waals surface area contributed by atoms with E-state index in [1.807, 2.05) is 24.8 Å². The number of hydrogen-bond donors (Lipinski definition) is 1. The lowest BCUT2D eigenvalue weighted by Crippen LogP contribution is -2.40. The Balaban J connectivity index is 1.98. The highest BCUT2D eigenvalue weighted by atomic mass is 28.3. The second-order valence-corrected chi connectivity index (χ2v) is 14.0. The Morgan fingerprint density at radius 2 is 1.74 bits per heavy atom. The number of methoxy groups -OCH3 is 1. The number of carbonyl (C=O) groups excluding carboxylic acids is 2. The van der Waals surface area contributed by atoms with E-state index in [0.29, 0.717) is 16.5 Å². The SMILES string of the molecule is COc1ccc(C(C(=O)Cc2cc(F)c([Si](C)(C)C)cc2F)N(C)C(=O)c2cc(=O)[nH]o2)cc1. The summed E-state index contributed by atoms with van der Waals surface area (Å²) in [6.07, 6.45) is -0.444. The van der Waals surface area contributed by atoms with Crippen molar-refractivity contribution >= 4 is 25.0 Å². The molecule has 0 aliphatic rings. The highest BCUT2D eigenvalue weighted by Crippen LogP contribution is 2.27. The summed E-state index contributed by atoms with van der Waals surface area (Å²) < 4.78 is 39.6. The molecule has 0 fully saturated rings. The van der Waals surface area contributed by atoms with E-state index in [0.717, 1.165) is 23.1 Å². The van der Waals surface area contributed by atoms with Gasteiger partial charge in [-0.25, -0.2) is 8.78 Å². The van der Waals surface area contributed by atoms with Crippen molar-refractivity contribution in [3.8, 4) is 5.75 Å². The van der Waals surface area contributed by atoms with Crippen LogP contribution in [0.1, 0.15) is 27.7 Å². The molecule has 1 atom stereocenters. The number of rotatable bonds is 8. The summed E-state index contributed by atoms with van der Waals surface area (Å²) >= 11 is 0. The van der Waals surface area contributed by atoms with Crippen LogP contribution in [0.2, 0.25) is 19.6 Å². The molecular formula is C24H26F2N2O5Si. The number of likely N-dealkylation sites (N-methyl/N-ethyl adjacent to an activating group) is 1. The van der Waals surface area contributed by atoms with Crippen LogP contribution >= 0.6 is 0 Å². The van der Waals surface area contributed by atoms with Gasteiger partial charge in [-0.1, -0.05) is 31.8 Å². The van der Waals surface area contributed by atoms with Crippen molar-refractivity contribution < 1.29 is 27.6 Å². The number of ketones is 1. The van der Waals surface area contributed by atoms with E-state index >= 15 is 0 Å². The van der Waals surface area contributed by atoms with E-state index in [4.69, 9.17) is 9.26 Å². The number of aromatic amines is 1. The molecule has 34 heavy (non-hydrogen) atoms. The van der Waals surface area contributed by atoms with E-state index in [9.17, 15) is 23.2 Å². The Labute approximate surface area is 196 Å². The number of Topliss-reactive ketones (excluding diaryl/α,β-unsaturated/α-hetero) is 1. The standard InChI is InChI=1S/C24H26F2N2O5Si/c1-28(24(31)20-13-22(30)27-33-20)23(14-6-8-16(32-2)9-7-14)19(29)11-15-10-18(26)21(12-17(15)25)34(3,4)5/h6-10,12-13,23H,11H2,1-5H3,(H,27,30). The molecule has 10 heteroatoms. The van der Waals surface area contributed by atoms with Crippen LogP contribution in [0.15, 0.2) is 51.8 Å². The third kappa shape index (κ3) is 5.33.